The minimum atomic E-state index is 0.835. The van der Waals surface area contributed by atoms with E-state index in [-0.39, 0.29) is 0 Å². The van der Waals surface area contributed by atoms with Crippen molar-refractivity contribution >= 4 is 27.3 Å². The van der Waals surface area contributed by atoms with E-state index in [1.54, 1.807) is 0 Å². The molecule has 1 aromatic rings. The number of nitrogen functional groups attached to an aromatic ring is 1. The molecule has 0 spiro atoms. The molecule has 0 fully saturated rings. The van der Waals surface area contributed by atoms with Crippen molar-refractivity contribution in [3.05, 3.63) is 22.2 Å². The van der Waals surface area contributed by atoms with Crippen molar-refractivity contribution in [2.45, 2.75) is 13.3 Å². The van der Waals surface area contributed by atoms with E-state index in [0.717, 1.165) is 35.2 Å². The quantitative estimate of drug-likeness (QED) is 0.849. The highest BCUT2D eigenvalue weighted by molar-refractivity contribution is 9.10. The fraction of sp³-hybridized carbons (Fsp3) is 0.538. The minimum Gasteiger partial charge on any atom is -0.398 e. The van der Waals surface area contributed by atoms with Gasteiger partial charge in [0.2, 0.25) is 0 Å². The Morgan fingerprint density at radius 1 is 1.18 bits per heavy atom. The SMILES string of the molecule is Cc1cc(N(C)CCCN(C)C)c(Br)cc1N. The van der Waals surface area contributed by atoms with Gasteiger partial charge in [-0.2, -0.15) is 0 Å². The molecule has 0 bridgehead atoms. The molecule has 0 saturated carbocycles. The van der Waals surface area contributed by atoms with Crippen molar-refractivity contribution in [1.82, 2.24) is 4.90 Å². The van der Waals surface area contributed by atoms with Crippen molar-refractivity contribution in [1.29, 1.82) is 0 Å². The zero-order valence-electron chi connectivity index (χ0n) is 11.1. The molecule has 1 rings (SSSR count). The number of hydrogen-bond acceptors (Lipinski definition) is 3. The van der Waals surface area contributed by atoms with E-state index >= 15 is 0 Å². The number of aryl methyl sites for hydroxylation is 1. The van der Waals surface area contributed by atoms with Crippen LogP contribution in [0.4, 0.5) is 11.4 Å². The van der Waals surface area contributed by atoms with Crippen molar-refractivity contribution in [3.63, 3.8) is 0 Å². The Bertz CT molecular complexity index is 377. The molecular formula is C13H22BrN3. The first-order chi connectivity index (χ1) is 7.91. The monoisotopic (exact) mass is 299 g/mol. The Hall–Kier alpha value is -0.740. The molecule has 0 aromatic heterocycles. The average Bonchev–Trinajstić information content (AvgIpc) is 2.22. The van der Waals surface area contributed by atoms with Crippen LogP contribution < -0.4 is 10.6 Å². The zero-order valence-corrected chi connectivity index (χ0v) is 12.7. The Morgan fingerprint density at radius 2 is 1.82 bits per heavy atom. The zero-order chi connectivity index (χ0) is 13.0. The molecule has 0 aliphatic heterocycles. The second-order valence-electron chi connectivity index (χ2n) is 4.74. The lowest BCUT2D eigenvalue weighted by Gasteiger charge is -2.22. The topological polar surface area (TPSA) is 32.5 Å². The van der Waals surface area contributed by atoms with Gasteiger partial charge in [-0.3, -0.25) is 0 Å². The van der Waals surface area contributed by atoms with Crippen LogP contribution in [0.5, 0.6) is 0 Å². The third kappa shape index (κ3) is 4.21. The number of nitrogens with zero attached hydrogens (tertiary/aromatic N) is 2. The third-order valence-electron chi connectivity index (χ3n) is 2.85. The number of anilines is 2. The fourth-order valence-corrected chi connectivity index (χ4v) is 2.38. The van der Waals surface area contributed by atoms with Gasteiger partial charge >= 0.3 is 0 Å². The molecule has 0 aliphatic rings. The molecule has 4 heteroatoms. The van der Waals surface area contributed by atoms with Gasteiger partial charge in [-0.1, -0.05) is 0 Å². The predicted molar refractivity (Wildman–Crippen MR) is 79.7 cm³/mol. The fourth-order valence-electron chi connectivity index (χ4n) is 1.72. The maximum Gasteiger partial charge on any atom is 0.0512 e. The Labute approximate surface area is 113 Å². The number of rotatable bonds is 5. The average molecular weight is 300 g/mol. The van der Waals surface area contributed by atoms with Gasteiger partial charge in [-0.05, 0) is 67.6 Å². The van der Waals surface area contributed by atoms with Gasteiger partial charge in [0.25, 0.3) is 0 Å². The number of nitrogens with two attached hydrogens (primary N) is 1. The van der Waals surface area contributed by atoms with Crippen LogP contribution in [-0.4, -0.2) is 39.1 Å². The maximum absolute atomic E-state index is 5.87. The van der Waals surface area contributed by atoms with Gasteiger partial charge in [0.15, 0.2) is 0 Å². The van der Waals surface area contributed by atoms with E-state index in [2.05, 4.69) is 52.9 Å². The van der Waals surface area contributed by atoms with Crippen molar-refractivity contribution in [2.75, 3.05) is 44.9 Å². The van der Waals surface area contributed by atoms with E-state index in [9.17, 15) is 0 Å². The second kappa shape index (κ2) is 6.26. The summed E-state index contributed by atoms with van der Waals surface area (Å²) in [4.78, 5) is 4.47. The minimum absolute atomic E-state index is 0.835. The van der Waals surface area contributed by atoms with E-state index in [1.165, 1.54) is 5.69 Å². The summed E-state index contributed by atoms with van der Waals surface area (Å²) in [6, 6.07) is 4.11. The van der Waals surface area contributed by atoms with Crippen molar-refractivity contribution < 1.29 is 0 Å². The van der Waals surface area contributed by atoms with Crippen LogP contribution in [0.15, 0.2) is 16.6 Å². The number of hydrogen-bond donors (Lipinski definition) is 1. The van der Waals surface area contributed by atoms with Crippen molar-refractivity contribution in [2.24, 2.45) is 0 Å². The molecule has 0 unspecified atom stereocenters. The molecule has 17 heavy (non-hydrogen) atoms. The number of benzene rings is 1. The largest absolute Gasteiger partial charge is 0.398 e. The van der Waals surface area contributed by atoms with Gasteiger partial charge in [-0.25, -0.2) is 0 Å². The highest BCUT2D eigenvalue weighted by atomic mass is 79.9. The van der Waals surface area contributed by atoms with Gasteiger partial charge in [0.05, 0.1) is 5.69 Å². The lowest BCUT2D eigenvalue weighted by Crippen LogP contribution is -2.23. The smallest absolute Gasteiger partial charge is 0.0512 e. The normalized spacial score (nSPS) is 10.9. The van der Waals surface area contributed by atoms with E-state index in [1.807, 2.05) is 13.0 Å². The molecule has 0 aliphatic carbocycles. The predicted octanol–water partition coefficient (Wildman–Crippen LogP) is 2.73. The van der Waals surface area contributed by atoms with Gasteiger partial charge in [0.1, 0.15) is 0 Å². The molecule has 0 atom stereocenters. The molecule has 2 N–H and O–H groups in total. The van der Waals surface area contributed by atoms with E-state index < -0.39 is 0 Å². The summed E-state index contributed by atoms with van der Waals surface area (Å²) >= 11 is 3.57. The molecule has 0 saturated heterocycles. The Kier molecular flexibility index (Phi) is 5.28. The molecule has 0 radical (unpaired) electrons. The van der Waals surface area contributed by atoms with Crippen molar-refractivity contribution in [3.8, 4) is 0 Å². The summed E-state index contributed by atoms with van der Waals surface area (Å²) in [5.74, 6) is 0. The first kappa shape index (κ1) is 14.3. The molecular weight excluding hydrogens is 278 g/mol. The lowest BCUT2D eigenvalue weighted by atomic mass is 10.1. The second-order valence-corrected chi connectivity index (χ2v) is 5.59. The van der Waals surface area contributed by atoms with Gasteiger partial charge in [0, 0.05) is 23.8 Å². The lowest BCUT2D eigenvalue weighted by molar-refractivity contribution is 0.401. The van der Waals surface area contributed by atoms with Crippen LogP contribution >= 0.6 is 15.9 Å². The van der Waals surface area contributed by atoms with Crippen LogP contribution in [0, 0.1) is 6.92 Å². The standard InChI is InChI=1S/C13H22BrN3/c1-10-8-13(11(14)9-12(10)15)17(4)7-5-6-16(2)3/h8-9H,5-7,15H2,1-4H3. The molecule has 0 amide bonds. The number of halogens is 1. The van der Waals surface area contributed by atoms with Crippen LogP contribution in [0.3, 0.4) is 0 Å². The molecule has 0 heterocycles. The van der Waals surface area contributed by atoms with Crippen LogP contribution in [-0.2, 0) is 0 Å². The maximum atomic E-state index is 5.87. The van der Waals surface area contributed by atoms with Crippen LogP contribution in [0.1, 0.15) is 12.0 Å². The van der Waals surface area contributed by atoms with E-state index in [0.29, 0.717) is 0 Å². The summed E-state index contributed by atoms with van der Waals surface area (Å²) in [6.07, 6.45) is 1.15. The summed E-state index contributed by atoms with van der Waals surface area (Å²) < 4.78 is 1.06. The van der Waals surface area contributed by atoms with Crippen LogP contribution in [0.25, 0.3) is 0 Å². The highest BCUT2D eigenvalue weighted by Gasteiger charge is 2.08. The molecule has 1 aromatic carbocycles. The first-order valence-electron chi connectivity index (χ1n) is 5.83. The first-order valence-corrected chi connectivity index (χ1v) is 6.62. The van der Waals surface area contributed by atoms with Gasteiger partial charge < -0.3 is 15.5 Å². The summed E-state index contributed by atoms with van der Waals surface area (Å²) in [6.45, 7) is 4.19. The third-order valence-corrected chi connectivity index (χ3v) is 3.48. The highest BCUT2D eigenvalue weighted by Crippen LogP contribution is 2.30. The molecule has 3 nitrogen and oxygen atoms in total. The summed E-state index contributed by atoms with van der Waals surface area (Å²) in [5, 5.41) is 0. The summed E-state index contributed by atoms with van der Waals surface area (Å²) in [5.41, 5.74) is 9.04. The van der Waals surface area contributed by atoms with E-state index in [4.69, 9.17) is 5.73 Å². The molecule has 96 valence electrons. The summed E-state index contributed by atoms with van der Waals surface area (Å²) in [7, 11) is 6.32. The Balaban J connectivity index is 2.68. The van der Waals surface area contributed by atoms with Crippen LogP contribution in [0.2, 0.25) is 0 Å². The Morgan fingerprint density at radius 3 is 2.41 bits per heavy atom. The van der Waals surface area contributed by atoms with Gasteiger partial charge in [-0.15, -0.1) is 0 Å².